The molecular formula is C21H20N2O3. The van der Waals surface area contributed by atoms with E-state index in [4.69, 9.17) is 4.74 Å². The number of carbonyl (C=O) groups excluding carboxylic acids is 2. The lowest BCUT2D eigenvalue weighted by Gasteiger charge is -2.15. The van der Waals surface area contributed by atoms with Gasteiger partial charge in [-0.1, -0.05) is 35.9 Å². The van der Waals surface area contributed by atoms with Crippen LogP contribution in [0.25, 0.3) is 10.9 Å². The van der Waals surface area contributed by atoms with Crippen molar-refractivity contribution in [2.75, 3.05) is 5.32 Å². The maximum atomic E-state index is 12.6. The molecule has 1 heterocycles. The smallest absolute Gasteiger partial charge is 0.339 e. The number of aromatic nitrogens is 1. The van der Waals surface area contributed by atoms with Crippen molar-refractivity contribution in [3.63, 3.8) is 0 Å². The minimum Gasteiger partial charge on any atom is -0.449 e. The van der Waals surface area contributed by atoms with Gasteiger partial charge in [0.1, 0.15) is 0 Å². The lowest BCUT2D eigenvalue weighted by atomic mass is 10.1. The molecule has 0 aliphatic rings. The van der Waals surface area contributed by atoms with Crippen LogP contribution in [0.3, 0.4) is 0 Å². The number of pyridine rings is 1. The van der Waals surface area contributed by atoms with Gasteiger partial charge in [0.15, 0.2) is 6.10 Å². The van der Waals surface area contributed by atoms with E-state index < -0.39 is 12.1 Å². The molecule has 3 aromatic rings. The van der Waals surface area contributed by atoms with Crippen molar-refractivity contribution < 1.29 is 14.3 Å². The molecule has 0 aliphatic carbocycles. The normalized spacial score (nSPS) is 11.8. The molecule has 26 heavy (non-hydrogen) atoms. The van der Waals surface area contributed by atoms with E-state index in [2.05, 4.69) is 10.3 Å². The second kappa shape index (κ2) is 7.35. The van der Waals surface area contributed by atoms with E-state index in [9.17, 15) is 9.59 Å². The lowest BCUT2D eigenvalue weighted by molar-refractivity contribution is -0.123. The molecule has 132 valence electrons. The number of benzene rings is 2. The van der Waals surface area contributed by atoms with Gasteiger partial charge in [-0.25, -0.2) is 4.79 Å². The molecule has 1 amide bonds. The first kappa shape index (κ1) is 17.6. The number of rotatable bonds is 4. The Morgan fingerprint density at radius 2 is 1.73 bits per heavy atom. The van der Waals surface area contributed by atoms with E-state index >= 15 is 0 Å². The zero-order chi connectivity index (χ0) is 18.7. The summed E-state index contributed by atoms with van der Waals surface area (Å²) in [6, 6.07) is 16.4. The molecule has 0 unspecified atom stereocenters. The number of carbonyl (C=O) groups is 2. The SMILES string of the molecule is Cc1ccc(NC(=O)[C@H](C)OC(=O)c2cc(C)nc3ccccc23)cc1. The molecule has 5 nitrogen and oxygen atoms in total. The molecule has 3 rings (SSSR count). The van der Waals surface area contributed by atoms with Gasteiger partial charge in [-0.15, -0.1) is 0 Å². The first-order valence-corrected chi connectivity index (χ1v) is 8.39. The van der Waals surface area contributed by atoms with Gasteiger partial charge in [-0.2, -0.15) is 0 Å². The molecule has 0 saturated carbocycles. The van der Waals surface area contributed by atoms with Crippen molar-refractivity contribution in [2.45, 2.75) is 26.9 Å². The summed E-state index contributed by atoms with van der Waals surface area (Å²) in [5, 5.41) is 3.45. The Labute approximate surface area is 152 Å². The third kappa shape index (κ3) is 3.88. The quantitative estimate of drug-likeness (QED) is 0.723. The third-order valence-electron chi connectivity index (χ3n) is 4.04. The first-order chi connectivity index (χ1) is 12.4. The third-order valence-corrected chi connectivity index (χ3v) is 4.04. The highest BCUT2D eigenvalue weighted by atomic mass is 16.5. The largest absolute Gasteiger partial charge is 0.449 e. The van der Waals surface area contributed by atoms with E-state index in [1.807, 2.05) is 62.4 Å². The van der Waals surface area contributed by atoms with Crippen molar-refractivity contribution >= 4 is 28.5 Å². The molecule has 0 spiro atoms. The van der Waals surface area contributed by atoms with Crippen molar-refractivity contribution in [1.82, 2.24) is 4.98 Å². The molecular weight excluding hydrogens is 328 g/mol. The summed E-state index contributed by atoms with van der Waals surface area (Å²) in [6.45, 7) is 5.34. The van der Waals surface area contributed by atoms with Crippen LogP contribution in [-0.4, -0.2) is 23.0 Å². The van der Waals surface area contributed by atoms with Gasteiger partial charge in [0, 0.05) is 16.8 Å². The summed E-state index contributed by atoms with van der Waals surface area (Å²) in [7, 11) is 0. The molecule has 0 radical (unpaired) electrons. The van der Waals surface area contributed by atoms with Crippen LogP contribution in [-0.2, 0) is 9.53 Å². The lowest BCUT2D eigenvalue weighted by Crippen LogP contribution is -2.30. The van der Waals surface area contributed by atoms with E-state index in [0.29, 0.717) is 22.3 Å². The van der Waals surface area contributed by atoms with Crippen LogP contribution in [0.2, 0.25) is 0 Å². The number of hydrogen-bond donors (Lipinski definition) is 1. The van der Waals surface area contributed by atoms with E-state index in [1.165, 1.54) is 0 Å². The molecule has 2 aromatic carbocycles. The number of nitrogens with zero attached hydrogens (tertiary/aromatic N) is 1. The first-order valence-electron chi connectivity index (χ1n) is 8.39. The second-order valence-electron chi connectivity index (χ2n) is 6.23. The topological polar surface area (TPSA) is 68.3 Å². The molecule has 1 aromatic heterocycles. The predicted octanol–water partition coefficient (Wildman–Crippen LogP) is 4.04. The van der Waals surface area contributed by atoms with Gasteiger partial charge in [0.05, 0.1) is 11.1 Å². The summed E-state index contributed by atoms with van der Waals surface area (Å²) in [5.41, 5.74) is 3.60. The fourth-order valence-electron chi connectivity index (χ4n) is 2.64. The van der Waals surface area contributed by atoms with Crippen molar-refractivity contribution in [2.24, 2.45) is 0 Å². The number of hydrogen-bond acceptors (Lipinski definition) is 4. The van der Waals surface area contributed by atoms with Crippen LogP contribution in [0.4, 0.5) is 5.69 Å². The highest BCUT2D eigenvalue weighted by Crippen LogP contribution is 2.20. The van der Waals surface area contributed by atoms with Gasteiger partial charge in [0.2, 0.25) is 0 Å². The number of esters is 1. The van der Waals surface area contributed by atoms with Crippen LogP contribution in [0.1, 0.15) is 28.5 Å². The zero-order valence-corrected chi connectivity index (χ0v) is 14.9. The highest BCUT2D eigenvalue weighted by molar-refractivity contribution is 6.05. The summed E-state index contributed by atoms with van der Waals surface area (Å²) in [5.74, 6) is -0.921. The van der Waals surface area contributed by atoms with Gasteiger partial charge in [-0.05, 0) is 45.0 Å². The average Bonchev–Trinajstić information content (AvgIpc) is 2.62. The summed E-state index contributed by atoms with van der Waals surface area (Å²) < 4.78 is 5.38. The molecule has 1 N–H and O–H groups in total. The van der Waals surface area contributed by atoms with Gasteiger partial charge in [0.25, 0.3) is 5.91 Å². The Morgan fingerprint density at radius 1 is 1.04 bits per heavy atom. The van der Waals surface area contributed by atoms with E-state index in [-0.39, 0.29) is 5.91 Å². The van der Waals surface area contributed by atoms with Gasteiger partial charge in [-0.3, -0.25) is 9.78 Å². The average molecular weight is 348 g/mol. The summed E-state index contributed by atoms with van der Waals surface area (Å²) in [6.07, 6.45) is -0.920. The molecule has 0 fully saturated rings. The fraction of sp³-hybridized carbons (Fsp3) is 0.190. The monoisotopic (exact) mass is 348 g/mol. The van der Waals surface area contributed by atoms with Crippen LogP contribution in [0, 0.1) is 13.8 Å². The maximum absolute atomic E-state index is 12.6. The Hall–Kier alpha value is -3.21. The second-order valence-corrected chi connectivity index (χ2v) is 6.23. The number of anilines is 1. The number of aryl methyl sites for hydroxylation is 2. The predicted molar refractivity (Wildman–Crippen MR) is 101 cm³/mol. The molecule has 5 heteroatoms. The minimum atomic E-state index is -0.920. The standard InChI is InChI=1S/C21H20N2O3/c1-13-8-10-16(11-9-13)23-20(24)15(3)26-21(25)18-12-14(2)22-19-7-5-4-6-17(18)19/h4-12,15H,1-3H3,(H,23,24)/t15-/m0/s1. The Bertz CT molecular complexity index is 965. The summed E-state index contributed by atoms with van der Waals surface area (Å²) in [4.78, 5) is 29.3. The zero-order valence-electron chi connectivity index (χ0n) is 14.9. The fourth-order valence-corrected chi connectivity index (χ4v) is 2.64. The Balaban J connectivity index is 1.75. The maximum Gasteiger partial charge on any atom is 0.339 e. The van der Waals surface area contributed by atoms with E-state index in [1.54, 1.807) is 13.0 Å². The van der Waals surface area contributed by atoms with Crippen LogP contribution in [0.15, 0.2) is 54.6 Å². The number of nitrogens with one attached hydrogen (secondary N) is 1. The van der Waals surface area contributed by atoms with Crippen LogP contribution < -0.4 is 5.32 Å². The molecule has 0 aliphatic heterocycles. The summed E-state index contributed by atoms with van der Waals surface area (Å²) >= 11 is 0. The van der Waals surface area contributed by atoms with Crippen LogP contribution >= 0.6 is 0 Å². The van der Waals surface area contributed by atoms with Gasteiger partial charge < -0.3 is 10.1 Å². The molecule has 1 atom stereocenters. The van der Waals surface area contributed by atoms with E-state index in [0.717, 1.165) is 11.1 Å². The number of fused-ring (bicyclic) bond motifs is 1. The number of para-hydroxylation sites is 1. The molecule has 0 saturated heterocycles. The van der Waals surface area contributed by atoms with Gasteiger partial charge >= 0.3 is 5.97 Å². The Morgan fingerprint density at radius 3 is 2.46 bits per heavy atom. The van der Waals surface area contributed by atoms with Crippen molar-refractivity contribution in [3.8, 4) is 0 Å². The van der Waals surface area contributed by atoms with Crippen molar-refractivity contribution in [3.05, 3.63) is 71.4 Å². The number of amides is 1. The van der Waals surface area contributed by atoms with Crippen molar-refractivity contribution in [1.29, 1.82) is 0 Å². The number of ether oxygens (including phenoxy) is 1. The Kier molecular flexibility index (Phi) is 4.98. The molecule has 0 bridgehead atoms. The van der Waals surface area contributed by atoms with Crippen LogP contribution in [0.5, 0.6) is 0 Å². The minimum absolute atomic E-state index is 0.378. The highest BCUT2D eigenvalue weighted by Gasteiger charge is 2.21.